The summed E-state index contributed by atoms with van der Waals surface area (Å²) in [6.45, 7) is 14.8. The molecule has 0 amide bonds. The standard InChI is InChI=1S/C10H15N.C3H9N.C3H4.CH2O/c1-8(2)4-10-5-9(3)6-11-7-10;1-4(2)3;1-3-2;1-2/h5-8H,4H2,1-3H3;1-3H3;1-2H2;1H2. The van der Waals surface area contributed by atoms with E-state index in [9.17, 15) is 0 Å². The second kappa shape index (κ2) is 17.3. The van der Waals surface area contributed by atoms with Crippen molar-refractivity contribution in [2.75, 3.05) is 21.1 Å². The van der Waals surface area contributed by atoms with E-state index in [1.807, 2.05) is 45.2 Å². The number of pyridine rings is 1. The molecule has 0 aromatic carbocycles. The molecule has 0 saturated heterocycles. The fraction of sp³-hybridized carbons (Fsp3) is 0.471. The van der Waals surface area contributed by atoms with Gasteiger partial charge in [-0.1, -0.05) is 33.1 Å². The van der Waals surface area contributed by atoms with Crippen molar-refractivity contribution < 1.29 is 4.79 Å². The molecule has 0 fully saturated rings. The van der Waals surface area contributed by atoms with Gasteiger partial charge in [0.15, 0.2) is 0 Å². The summed E-state index contributed by atoms with van der Waals surface area (Å²) in [5, 5.41) is 0. The smallest absolute Gasteiger partial charge is 0.106 e. The van der Waals surface area contributed by atoms with E-state index in [1.54, 1.807) is 0 Å². The molecule has 20 heavy (non-hydrogen) atoms. The molecule has 1 heterocycles. The molecule has 114 valence electrons. The maximum Gasteiger partial charge on any atom is 0.106 e. The number of aromatic nitrogens is 1. The van der Waals surface area contributed by atoms with Gasteiger partial charge in [-0.25, -0.2) is 0 Å². The molecule has 0 spiro atoms. The van der Waals surface area contributed by atoms with Crippen molar-refractivity contribution in [2.45, 2.75) is 27.2 Å². The van der Waals surface area contributed by atoms with Crippen molar-refractivity contribution in [3.05, 3.63) is 48.5 Å². The first kappa shape index (κ1) is 23.4. The molecule has 0 aliphatic carbocycles. The number of hydrogen-bond acceptors (Lipinski definition) is 3. The Hall–Kier alpha value is -1.70. The van der Waals surface area contributed by atoms with Crippen LogP contribution >= 0.6 is 0 Å². The minimum Gasteiger partial charge on any atom is -0.312 e. The second-order valence-corrected chi connectivity index (χ2v) is 5.06. The Morgan fingerprint density at radius 2 is 1.60 bits per heavy atom. The molecular formula is C17H30N2O. The molecule has 0 aliphatic heterocycles. The van der Waals surface area contributed by atoms with Gasteiger partial charge in [-0.15, -0.1) is 5.73 Å². The Bertz CT molecular complexity index is 351. The molecule has 0 unspecified atom stereocenters. The summed E-state index contributed by atoms with van der Waals surface area (Å²) < 4.78 is 0. The normalized spacial score (nSPS) is 8.20. The van der Waals surface area contributed by atoms with E-state index in [-0.39, 0.29) is 0 Å². The lowest BCUT2D eigenvalue weighted by molar-refractivity contribution is -0.0979. The van der Waals surface area contributed by atoms with Crippen LogP contribution in [0.2, 0.25) is 0 Å². The fourth-order valence-electron chi connectivity index (χ4n) is 1.20. The number of carbonyl (C=O) groups excluding carboxylic acids is 1. The zero-order valence-corrected chi connectivity index (χ0v) is 13.9. The highest BCUT2D eigenvalue weighted by molar-refractivity contribution is 5.16. The summed E-state index contributed by atoms with van der Waals surface area (Å²) in [7, 11) is 6.00. The molecule has 1 rings (SSSR count). The van der Waals surface area contributed by atoms with E-state index < -0.39 is 0 Å². The fourth-order valence-corrected chi connectivity index (χ4v) is 1.20. The summed E-state index contributed by atoms with van der Waals surface area (Å²) in [4.78, 5) is 14.1. The number of carbonyl (C=O) groups is 1. The van der Waals surface area contributed by atoms with Crippen molar-refractivity contribution in [3.63, 3.8) is 0 Å². The van der Waals surface area contributed by atoms with E-state index in [4.69, 9.17) is 4.79 Å². The van der Waals surface area contributed by atoms with Gasteiger partial charge in [-0.3, -0.25) is 4.98 Å². The summed E-state index contributed by atoms with van der Waals surface area (Å²) in [5.41, 5.74) is 4.85. The topological polar surface area (TPSA) is 33.2 Å². The molecule has 1 aromatic rings. The van der Waals surface area contributed by atoms with Crippen molar-refractivity contribution in [1.29, 1.82) is 0 Å². The van der Waals surface area contributed by atoms with Gasteiger partial charge >= 0.3 is 0 Å². The largest absolute Gasteiger partial charge is 0.312 e. The maximum absolute atomic E-state index is 8.00. The Kier molecular flexibility index (Phi) is 20.2. The first-order chi connectivity index (χ1) is 9.33. The summed E-state index contributed by atoms with van der Waals surface area (Å²) in [6, 6.07) is 2.20. The van der Waals surface area contributed by atoms with Gasteiger partial charge < -0.3 is 9.69 Å². The zero-order valence-electron chi connectivity index (χ0n) is 13.9. The molecule has 0 saturated carbocycles. The van der Waals surface area contributed by atoms with Crippen molar-refractivity contribution in [2.24, 2.45) is 5.92 Å². The van der Waals surface area contributed by atoms with Gasteiger partial charge in [0.1, 0.15) is 6.79 Å². The molecule has 1 aromatic heterocycles. The van der Waals surface area contributed by atoms with Crippen LogP contribution in [0.15, 0.2) is 37.3 Å². The highest BCUT2D eigenvalue weighted by Gasteiger charge is 1.97. The van der Waals surface area contributed by atoms with Crippen LogP contribution in [0, 0.1) is 12.8 Å². The second-order valence-electron chi connectivity index (χ2n) is 5.06. The quantitative estimate of drug-likeness (QED) is 0.776. The minimum atomic E-state index is 0.721. The van der Waals surface area contributed by atoms with Gasteiger partial charge in [0.25, 0.3) is 0 Å². The van der Waals surface area contributed by atoms with Crippen LogP contribution < -0.4 is 0 Å². The van der Waals surface area contributed by atoms with Crippen LogP contribution in [0.3, 0.4) is 0 Å². The molecular weight excluding hydrogens is 248 g/mol. The van der Waals surface area contributed by atoms with E-state index in [1.165, 1.54) is 11.1 Å². The third-order valence-corrected chi connectivity index (χ3v) is 1.58. The molecule has 0 bridgehead atoms. The maximum atomic E-state index is 8.00. The molecule has 0 atom stereocenters. The molecule has 0 radical (unpaired) electrons. The lowest BCUT2D eigenvalue weighted by Crippen LogP contribution is -1.99. The molecule has 0 aliphatic rings. The third kappa shape index (κ3) is 25.2. The van der Waals surface area contributed by atoms with Gasteiger partial charge in [0, 0.05) is 12.4 Å². The van der Waals surface area contributed by atoms with Crippen LogP contribution in [0.5, 0.6) is 0 Å². The Morgan fingerprint density at radius 1 is 1.20 bits per heavy atom. The highest BCUT2D eigenvalue weighted by atomic mass is 16.1. The summed E-state index contributed by atoms with van der Waals surface area (Å²) >= 11 is 0. The third-order valence-electron chi connectivity index (χ3n) is 1.58. The van der Waals surface area contributed by atoms with Gasteiger partial charge in [0.05, 0.1) is 0 Å². The lowest BCUT2D eigenvalue weighted by Gasteiger charge is -2.03. The molecule has 0 N–H and O–H groups in total. The van der Waals surface area contributed by atoms with E-state index >= 15 is 0 Å². The van der Waals surface area contributed by atoms with Gasteiger partial charge in [-0.05, 0) is 51.5 Å². The number of rotatable bonds is 2. The minimum absolute atomic E-state index is 0.721. The monoisotopic (exact) mass is 278 g/mol. The van der Waals surface area contributed by atoms with Crippen molar-refractivity contribution >= 4 is 6.79 Å². The predicted octanol–water partition coefficient (Wildman–Crippen LogP) is 3.54. The average Bonchev–Trinajstić information content (AvgIpc) is 2.31. The zero-order chi connectivity index (χ0) is 16.6. The van der Waals surface area contributed by atoms with E-state index in [0.29, 0.717) is 0 Å². The van der Waals surface area contributed by atoms with E-state index in [0.717, 1.165) is 12.3 Å². The number of aryl methyl sites for hydroxylation is 1. The summed E-state index contributed by atoms with van der Waals surface area (Å²) in [5.74, 6) is 0.721. The SMILES string of the molecule is C=C=C.C=O.CN(C)C.Cc1cncc(CC(C)C)c1. The van der Waals surface area contributed by atoms with Crippen LogP contribution in [0.4, 0.5) is 0 Å². The van der Waals surface area contributed by atoms with Gasteiger partial charge in [-0.2, -0.15) is 0 Å². The number of hydrogen-bond donors (Lipinski definition) is 0. The van der Waals surface area contributed by atoms with E-state index in [2.05, 4.69) is 50.7 Å². The van der Waals surface area contributed by atoms with Crippen LogP contribution in [-0.2, 0) is 11.2 Å². The Balaban J connectivity index is -0.000000269. The number of nitrogens with zero attached hydrogens (tertiary/aromatic N) is 2. The Labute approximate surface area is 125 Å². The lowest BCUT2D eigenvalue weighted by atomic mass is 10.0. The molecule has 3 heteroatoms. The van der Waals surface area contributed by atoms with Crippen LogP contribution in [-0.4, -0.2) is 37.8 Å². The summed E-state index contributed by atoms with van der Waals surface area (Å²) in [6.07, 6.45) is 4.98. The van der Waals surface area contributed by atoms with Crippen LogP contribution in [0.25, 0.3) is 0 Å². The van der Waals surface area contributed by atoms with Gasteiger partial charge in [0.2, 0.25) is 0 Å². The predicted molar refractivity (Wildman–Crippen MR) is 89.0 cm³/mol. The highest BCUT2D eigenvalue weighted by Crippen LogP contribution is 2.07. The first-order valence-electron chi connectivity index (χ1n) is 6.43. The first-order valence-corrected chi connectivity index (χ1v) is 6.43. The van der Waals surface area contributed by atoms with Crippen LogP contribution in [0.1, 0.15) is 25.0 Å². The molecule has 3 nitrogen and oxygen atoms in total. The van der Waals surface area contributed by atoms with Crippen molar-refractivity contribution in [1.82, 2.24) is 9.88 Å². The average molecular weight is 278 g/mol. The van der Waals surface area contributed by atoms with Crippen molar-refractivity contribution in [3.8, 4) is 0 Å². The Morgan fingerprint density at radius 3 is 1.90 bits per heavy atom.